The van der Waals surface area contributed by atoms with Crippen LogP contribution in [0.15, 0.2) is 36.4 Å². The van der Waals surface area contributed by atoms with E-state index in [0.29, 0.717) is 11.4 Å². The first-order valence-electron chi connectivity index (χ1n) is 6.47. The predicted molar refractivity (Wildman–Crippen MR) is 78.4 cm³/mol. The number of nitrogen functional groups attached to an aromatic ring is 1. The lowest BCUT2D eigenvalue weighted by Gasteiger charge is -2.08. The monoisotopic (exact) mass is 283 g/mol. The molecule has 0 aliphatic heterocycles. The van der Waals surface area contributed by atoms with Crippen molar-refractivity contribution < 1.29 is 4.39 Å². The highest BCUT2D eigenvalue weighted by atomic mass is 19.1. The second-order valence-electron chi connectivity index (χ2n) is 4.92. The second-order valence-corrected chi connectivity index (χ2v) is 4.92. The van der Waals surface area contributed by atoms with Crippen molar-refractivity contribution >= 4 is 5.69 Å². The molecule has 0 amide bonds. The van der Waals surface area contributed by atoms with Gasteiger partial charge in [0.25, 0.3) is 0 Å². The molecule has 0 saturated carbocycles. The van der Waals surface area contributed by atoms with Crippen LogP contribution in [-0.4, -0.2) is 20.2 Å². The maximum absolute atomic E-state index is 13.3. The molecule has 0 unspecified atom stereocenters. The van der Waals surface area contributed by atoms with E-state index in [-0.39, 0.29) is 5.69 Å². The van der Waals surface area contributed by atoms with Crippen LogP contribution in [0, 0.1) is 19.7 Å². The number of benzene rings is 2. The molecular weight excluding hydrogens is 269 g/mol. The van der Waals surface area contributed by atoms with Crippen LogP contribution in [0.3, 0.4) is 0 Å². The van der Waals surface area contributed by atoms with Gasteiger partial charge in [0.1, 0.15) is 5.82 Å². The lowest BCUT2D eigenvalue weighted by atomic mass is 10.1. The number of aromatic nitrogens is 4. The fourth-order valence-electron chi connectivity index (χ4n) is 2.08. The fraction of sp³-hybridized carbons (Fsp3) is 0.133. The van der Waals surface area contributed by atoms with Gasteiger partial charge in [0.15, 0.2) is 5.82 Å². The summed E-state index contributed by atoms with van der Waals surface area (Å²) in [5, 5.41) is 11.7. The van der Waals surface area contributed by atoms with Crippen LogP contribution >= 0.6 is 0 Å². The van der Waals surface area contributed by atoms with E-state index in [1.807, 2.05) is 32.0 Å². The van der Waals surface area contributed by atoms with Crippen molar-refractivity contribution in [3.63, 3.8) is 0 Å². The van der Waals surface area contributed by atoms with Gasteiger partial charge in [-0.3, -0.25) is 0 Å². The molecule has 5 nitrogen and oxygen atoms in total. The maximum atomic E-state index is 13.3. The second kappa shape index (κ2) is 4.97. The SMILES string of the molecule is Cc1ccc(-n2nnnc2-c2ccc(F)c(N)c2)cc1C. The van der Waals surface area contributed by atoms with Gasteiger partial charge in [-0.1, -0.05) is 6.07 Å². The number of hydrogen-bond donors (Lipinski definition) is 1. The summed E-state index contributed by atoms with van der Waals surface area (Å²) in [4.78, 5) is 0. The predicted octanol–water partition coefficient (Wildman–Crippen LogP) is 2.67. The highest BCUT2D eigenvalue weighted by molar-refractivity contribution is 5.63. The Morgan fingerprint density at radius 1 is 1.05 bits per heavy atom. The minimum atomic E-state index is -0.455. The van der Waals surface area contributed by atoms with E-state index < -0.39 is 5.82 Å². The van der Waals surface area contributed by atoms with E-state index >= 15 is 0 Å². The van der Waals surface area contributed by atoms with E-state index in [1.54, 1.807) is 10.7 Å². The van der Waals surface area contributed by atoms with Gasteiger partial charge in [-0.15, -0.1) is 5.10 Å². The summed E-state index contributed by atoms with van der Waals surface area (Å²) in [5.41, 5.74) is 9.53. The van der Waals surface area contributed by atoms with Gasteiger partial charge in [0.05, 0.1) is 11.4 Å². The maximum Gasteiger partial charge on any atom is 0.187 e. The van der Waals surface area contributed by atoms with Gasteiger partial charge < -0.3 is 5.73 Å². The minimum absolute atomic E-state index is 0.0714. The molecular formula is C15H14FN5. The van der Waals surface area contributed by atoms with Crippen molar-refractivity contribution in [2.45, 2.75) is 13.8 Å². The van der Waals surface area contributed by atoms with Crippen LogP contribution in [0.2, 0.25) is 0 Å². The molecule has 3 aromatic rings. The molecule has 0 aliphatic rings. The topological polar surface area (TPSA) is 69.6 Å². The zero-order chi connectivity index (χ0) is 15.0. The third kappa shape index (κ3) is 2.35. The summed E-state index contributed by atoms with van der Waals surface area (Å²) in [5.74, 6) is 0.0638. The molecule has 3 rings (SSSR count). The molecule has 2 aromatic carbocycles. The smallest absolute Gasteiger partial charge is 0.187 e. The van der Waals surface area contributed by atoms with Crippen LogP contribution in [0.1, 0.15) is 11.1 Å². The Morgan fingerprint density at radius 2 is 1.86 bits per heavy atom. The van der Waals surface area contributed by atoms with Crippen molar-refractivity contribution in [2.24, 2.45) is 0 Å². The van der Waals surface area contributed by atoms with E-state index in [9.17, 15) is 4.39 Å². The Labute approximate surface area is 121 Å². The third-order valence-corrected chi connectivity index (χ3v) is 3.46. The molecule has 0 fully saturated rings. The van der Waals surface area contributed by atoms with Crippen molar-refractivity contribution in [1.82, 2.24) is 20.2 Å². The molecule has 1 aromatic heterocycles. The number of rotatable bonds is 2. The Kier molecular flexibility index (Phi) is 3.13. The lowest BCUT2D eigenvalue weighted by molar-refractivity contribution is 0.632. The molecule has 0 spiro atoms. The molecule has 6 heteroatoms. The number of nitrogens with zero attached hydrogens (tertiary/aromatic N) is 4. The standard InChI is InChI=1S/C15H14FN5/c1-9-3-5-12(7-10(9)2)21-15(18-19-20-21)11-4-6-13(16)14(17)8-11/h3-8H,17H2,1-2H3. The fourth-order valence-corrected chi connectivity index (χ4v) is 2.08. The minimum Gasteiger partial charge on any atom is -0.396 e. The number of tetrazole rings is 1. The zero-order valence-electron chi connectivity index (χ0n) is 11.7. The largest absolute Gasteiger partial charge is 0.396 e. The summed E-state index contributed by atoms with van der Waals surface area (Å²) < 4.78 is 14.9. The quantitative estimate of drug-likeness (QED) is 0.734. The molecule has 0 saturated heterocycles. The Bertz CT molecular complexity index is 744. The van der Waals surface area contributed by atoms with Gasteiger partial charge in [-0.05, 0) is 65.7 Å². The van der Waals surface area contributed by atoms with Crippen molar-refractivity contribution in [3.8, 4) is 17.1 Å². The Balaban J connectivity index is 2.12. The third-order valence-electron chi connectivity index (χ3n) is 3.46. The molecule has 21 heavy (non-hydrogen) atoms. The molecule has 106 valence electrons. The van der Waals surface area contributed by atoms with Crippen LogP contribution in [-0.2, 0) is 0 Å². The summed E-state index contributed by atoms with van der Waals surface area (Å²) in [6, 6.07) is 10.4. The summed E-state index contributed by atoms with van der Waals surface area (Å²) >= 11 is 0. The number of nitrogens with two attached hydrogens (primary N) is 1. The van der Waals surface area contributed by atoms with Gasteiger partial charge in [0.2, 0.25) is 0 Å². The summed E-state index contributed by atoms with van der Waals surface area (Å²) in [7, 11) is 0. The first kappa shape index (κ1) is 13.2. The number of aryl methyl sites for hydroxylation is 2. The molecule has 1 heterocycles. The average Bonchev–Trinajstić information content (AvgIpc) is 2.94. The number of hydrogen-bond acceptors (Lipinski definition) is 4. The first-order valence-corrected chi connectivity index (χ1v) is 6.47. The lowest BCUT2D eigenvalue weighted by Crippen LogP contribution is -2.01. The van der Waals surface area contributed by atoms with E-state index in [2.05, 4.69) is 15.5 Å². The summed E-state index contributed by atoms with van der Waals surface area (Å²) in [6.07, 6.45) is 0. The van der Waals surface area contributed by atoms with Crippen molar-refractivity contribution in [1.29, 1.82) is 0 Å². The van der Waals surface area contributed by atoms with Crippen molar-refractivity contribution in [2.75, 3.05) is 5.73 Å². The molecule has 0 atom stereocenters. The van der Waals surface area contributed by atoms with Gasteiger partial charge in [-0.25, -0.2) is 4.39 Å². The molecule has 0 radical (unpaired) electrons. The number of halogens is 1. The molecule has 0 aliphatic carbocycles. The molecule has 0 bridgehead atoms. The van der Waals surface area contributed by atoms with Gasteiger partial charge in [-0.2, -0.15) is 4.68 Å². The van der Waals surface area contributed by atoms with Crippen LogP contribution < -0.4 is 5.73 Å². The highest BCUT2D eigenvalue weighted by Crippen LogP contribution is 2.23. The van der Waals surface area contributed by atoms with Gasteiger partial charge in [0, 0.05) is 5.56 Å². The van der Waals surface area contributed by atoms with Crippen LogP contribution in [0.25, 0.3) is 17.1 Å². The van der Waals surface area contributed by atoms with Crippen LogP contribution in [0.5, 0.6) is 0 Å². The van der Waals surface area contributed by atoms with Crippen molar-refractivity contribution in [3.05, 3.63) is 53.3 Å². The zero-order valence-corrected chi connectivity index (χ0v) is 11.7. The molecule has 2 N–H and O–H groups in total. The average molecular weight is 283 g/mol. The van der Waals surface area contributed by atoms with E-state index in [4.69, 9.17) is 5.73 Å². The van der Waals surface area contributed by atoms with E-state index in [1.165, 1.54) is 17.7 Å². The van der Waals surface area contributed by atoms with E-state index in [0.717, 1.165) is 11.3 Å². The first-order chi connectivity index (χ1) is 10.1. The Hall–Kier alpha value is -2.76. The number of anilines is 1. The van der Waals surface area contributed by atoms with Gasteiger partial charge >= 0.3 is 0 Å². The Morgan fingerprint density at radius 3 is 2.57 bits per heavy atom. The summed E-state index contributed by atoms with van der Waals surface area (Å²) in [6.45, 7) is 4.07. The van der Waals surface area contributed by atoms with Crippen LogP contribution in [0.4, 0.5) is 10.1 Å². The normalized spacial score (nSPS) is 10.8. The highest BCUT2D eigenvalue weighted by Gasteiger charge is 2.12.